The molecule has 0 N–H and O–H groups in total. The van der Waals surface area contributed by atoms with Gasteiger partial charge in [0.25, 0.3) is 0 Å². The Kier molecular flexibility index (Phi) is 6.82. The molecule has 0 fully saturated rings. The molecule has 0 unspecified atom stereocenters. The maximum atomic E-state index is 2.29. The van der Waals surface area contributed by atoms with Crippen molar-refractivity contribution in [2.24, 2.45) is 0 Å². The second-order valence-electron chi connectivity index (χ2n) is 9.43. The number of para-hydroxylation sites is 2. The van der Waals surface area contributed by atoms with Gasteiger partial charge >= 0.3 is 0 Å². The van der Waals surface area contributed by atoms with Gasteiger partial charge in [0.1, 0.15) is 0 Å². The fourth-order valence-corrected chi connectivity index (χ4v) is 5.14. The first-order chi connectivity index (χ1) is 18.9. The molecule has 6 aromatic carbocycles. The van der Waals surface area contributed by atoms with Crippen molar-refractivity contribution in [2.75, 3.05) is 4.90 Å². The van der Waals surface area contributed by atoms with E-state index in [4.69, 9.17) is 0 Å². The summed E-state index contributed by atoms with van der Waals surface area (Å²) in [5.41, 5.74) is 9.74. The Morgan fingerprint density at radius 3 is 1.03 bits per heavy atom. The highest BCUT2D eigenvalue weighted by Gasteiger charge is 2.17. The van der Waals surface area contributed by atoms with Crippen LogP contribution < -0.4 is 4.90 Å². The molecule has 0 heterocycles. The summed E-state index contributed by atoms with van der Waals surface area (Å²) in [7, 11) is 0. The van der Waals surface area contributed by atoms with E-state index in [1.807, 2.05) is 0 Å². The molecule has 1 nitrogen and oxygen atoms in total. The minimum atomic E-state index is 0.208. The summed E-state index contributed by atoms with van der Waals surface area (Å²) in [5, 5.41) is 0. The highest BCUT2D eigenvalue weighted by Crippen LogP contribution is 2.36. The van der Waals surface area contributed by atoms with E-state index in [-0.39, 0.29) is 5.92 Å². The van der Waals surface area contributed by atoms with Crippen molar-refractivity contribution in [3.63, 3.8) is 0 Å². The fraction of sp³-hybridized carbons (Fsp3) is 0.0270. The van der Waals surface area contributed by atoms with Crippen LogP contribution in [0, 0.1) is 0 Å². The predicted octanol–water partition coefficient (Wildman–Crippen LogP) is 10.0. The summed E-state index contributed by atoms with van der Waals surface area (Å²) < 4.78 is 0. The molecular weight excluding hydrogens is 458 g/mol. The van der Waals surface area contributed by atoms with Crippen molar-refractivity contribution >= 4 is 17.1 Å². The van der Waals surface area contributed by atoms with E-state index >= 15 is 0 Å². The van der Waals surface area contributed by atoms with Crippen LogP contribution in [0.4, 0.5) is 17.1 Å². The van der Waals surface area contributed by atoms with Gasteiger partial charge in [0.15, 0.2) is 0 Å². The van der Waals surface area contributed by atoms with E-state index in [1.54, 1.807) is 0 Å². The summed E-state index contributed by atoms with van der Waals surface area (Å²) in [6.07, 6.45) is 0. The summed E-state index contributed by atoms with van der Waals surface area (Å²) in [4.78, 5) is 2.29. The van der Waals surface area contributed by atoms with Crippen molar-refractivity contribution in [3.8, 4) is 11.1 Å². The number of rotatable bonds is 7. The fourth-order valence-electron chi connectivity index (χ4n) is 5.14. The van der Waals surface area contributed by atoms with Gasteiger partial charge in [-0.05, 0) is 64.2 Å². The SMILES string of the molecule is c1ccc(C(c2ccccc2)c2ccc(-c3ccc(N(c4ccccc4)c4ccccc4)cc3)cc2)cc1. The minimum absolute atomic E-state index is 0.208. The molecule has 0 spiro atoms. The van der Waals surface area contributed by atoms with E-state index in [2.05, 4.69) is 175 Å². The van der Waals surface area contributed by atoms with Gasteiger partial charge in [0, 0.05) is 23.0 Å². The molecule has 0 aliphatic rings. The zero-order valence-electron chi connectivity index (χ0n) is 21.2. The topological polar surface area (TPSA) is 3.24 Å². The average Bonchev–Trinajstić information content (AvgIpc) is 3.00. The normalized spacial score (nSPS) is 10.9. The zero-order valence-corrected chi connectivity index (χ0v) is 21.2. The van der Waals surface area contributed by atoms with Gasteiger partial charge in [-0.2, -0.15) is 0 Å². The maximum absolute atomic E-state index is 2.29. The second kappa shape index (κ2) is 11.0. The van der Waals surface area contributed by atoms with E-state index in [0.717, 1.165) is 17.1 Å². The zero-order chi connectivity index (χ0) is 25.6. The number of hydrogen-bond acceptors (Lipinski definition) is 1. The standard InChI is InChI=1S/C37H29N/c1-5-13-31(14-6-1)37(32-15-7-2-8-16-32)33-23-21-29(22-24-33)30-25-27-36(28-26-30)38(34-17-9-3-10-18-34)35-19-11-4-12-20-35/h1-28,37H. The summed E-state index contributed by atoms with van der Waals surface area (Å²) in [5.74, 6) is 0.208. The van der Waals surface area contributed by atoms with Crippen LogP contribution in [0.5, 0.6) is 0 Å². The van der Waals surface area contributed by atoms with Gasteiger partial charge in [-0.25, -0.2) is 0 Å². The molecule has 0 saturated carbocycles. The first-order valence-corrected chi connectivity index (χ1v) is 13.1. The number of benzene rings is 6. The molecule has 0 atom stereocenters. The Bertz CT molecular complexity index is 1360. The third-order valence-corrected chi connectivity index (χ3v) is 7.00. The number of hydrogen-bond donors (Lipinski definition) is 0. The lowest BCUT2D eigenvalue weighted by Crippen LogP contribution is -2.09. The van der Waals surface area contributed by atoms with Crippen LogP contribution in [0.15, 0.2) is 170 Å². The predicted molar refractivity (Wildman–Crippen MR) is 160 cm³/mol. The quantitative estimate of drug-likeness (QED) is 0.202. The second-order valence-corrected chi connectivity index (χ2v) is 9.43. The average molecular weight is 488 g/mol. The molecule has 6 rings (SSSR count). The maximum Gasteiger partial charge on any atom is 0.0462 e. The van der Waals surface area contributed by atoms with Crippen LogP contribution in [-0.4, -0.2) is 0 Å². The minimum Gasteiger partial charge on any atom is -0.311 e. The molecule has 0 aromatic heterocycles. The first kappa shape index (κ1) is 23.5. The summed E-state index contributed by atoms with van der Waals surface area (Å²) >= 11 is 0. The Balaban J connectivity index is 1.31. The Labute approximate surface area is 225 Å². The smallest absolute Gasteiger partial charge is 0.0462 e. The molecule has 182 valence electrons. The Morgan fingerprint density at radius 1 is 0.289 bits per heavy atom. The third-order valence-electron chi connectivity index (χ3n) is 7.00. The molecule has 1 heteroatoms. The van der Waals surface area contributed by atoms with E-state index in [0.29, 0.717) is 0 Å². The van der Waals surface area contributed by atoms with Gasteiger partial charge in [-0.15, -0.1) is 0 Å². The van der Waals surface area contributed by atoms with Crippen LogP contribution in [0.1, 0.15) is 22.6 Å². The molecule has 38 heavy (non-hydrogen) atoms. The molecular formula is C37H29N. The van der Waals surface area contributed by atoms with Crippen LogP contribution in [0.25, 0.3) is 11.1 Å². The highest BCUT2D eigenvalue weighted by molar-refractivity contribution is 5.78. The molecule has 0 amide bonds. The van der Waals surface area contributed by atoms with Gasteiger partial charge in [0.05, 0.1) is 0 Å². The van der Waals surface area contributed by atoms with Crippen LogP contribution >= 0.6 is 0 Å². The summed E-state index contributed by atoms with van der Waals surface area (Å²) in [6.45, 7) is 0. The lowest BCUT2D eigenvalue weighted by molar-refractivity contribution is 0.978. The van der Waals surface area contributed by atoms with E-state index < -0.39 is 0 Å². The van der Waals surface area contributed by atoms with Gasteiger partial charge in [0.2, 0.25) is 0 Å². The molecule has 6 aromatic rings. The van der Waals surface area contributed by atoms with Gasteiger partial charge < -0.3 is 4.90 Å². The van der Waals surface area contributed by atoms with Crippen molar-refractivity contribution in [2.45, 2.75) is 5.92 Å². The van der Waals surface area contributed by atoms with Gasteiger partial charge in [-0.3, -0.25) is 0 Å². The number of anilines is 3. The summed E-state index contributed by atoms with van der Waals surface area (Å²) in [6, 6.07) is 60.4. The van der Waals surface area contributed by atoms with E-state index in [1.165, 1.54) is 27.8 Å². The van der Waals surface area contributed by atoms with Crippen molar-refractivity contribution in [1.82, 2.24) is 0 Å². The lowest BCUT2D eigenvalue weighted by Gasteiger charge is -2.25. The molecule has 0 aliphatic carbocycles. The van der Waals surface area contributed by atoms with Crippen LogP contribution in [0.3, 0.4) is 0 Å². The number of nitrogens with zero attached hydrogens (tertiary/aromatic N) is 1. The largest absolute Gasteiger partial charge is 0.311 e. The van der Waals surface area contributed by atoms with Crippen molar-refractivity contribution < 1.29 is 0 Å². The van der Waals surface area contributed by atoms with Crippen LogP contribution in [-0.2, 0) is 0 Å². The lowest BCUT2D eigenvalue weighted by atomic mass is 9.84. The van der Waals surface area contributed by atoms with Crippen molar-refractivity contribution in [3.05, 3.63) is 187 Å². The third kappa shape index (κ3) is 5.00. The van der Waals surface area contributed by atoms with Gasteiger partial charge in [-0.1, -0.05) is 133 Å². The highest BCUT2D eigenvalue weighted by atomic mass is 15.1. The monoisotopic (exact) mass is 487 g/mol. The van der Waals surface area contributed by atoms with E-state index in [9.17, 15) is 0 Å². The molecule has 0 bridgehead atoms. The van der Waals surface area contributed by atoms with Crippen molar-refractivity contribution in [1.29, 1.82) is 0 Å². The molecule has 0 saturated heterocycles. The van der Waals surface area contributed by atoms with Crippen LogP contribution in [0.2, 0.25) is 0 Å². The Morgan fingerprint density at radius 2 is 0.605 bits per heavy atom. The molecule has 0 radical (unpaired) electrons. The first-order valence-electron chi connectivity index (χ1n) is 13.1. The Hall–Kier alpha value is -4.88. The molecule has 0 aliphatic heterocycles.